The van der Waals surface area contributed by atoms with E-state index in [9.17, 15) is 0 Å². The lowest BCUT2D eigenvalue weighted by atomic mass is 10.1. The molecule has 0 N–H and O–H groups in total. The Morgan fingerprint density at radius 2 is 2.37 bits per heavy atom. The van der Waals surface area contributed by atoms with E-state index in [0.29, 0.717) is 24.1 Å². The normalized spacial score (nSPS) is 26.5. The number of rotatable bonds is 5. The minimum absolute atomic E-state index is 0.310. The monoisotopic (exact) mass is 302 g/mol. The first-order valence-corrected chi connectivity index (χ1v) is 8.48. The van der Waals surface area contributed by atoms with Gasteiger partial charge < -0.3 is 4.74 Å². The van der Waals surface area contributed by atoms with Gasteiger partial charge in [-0.2, -0.15) is 0 Å². The molecule has 1 fully saturated rings. The van der Waals surface area contributed by atoms with E-state index >= 15 is 0 Å². The maximum absolute atomic E-state index is 5.86. The molecule has 0 spiro atoms. The van der Waals surface area contributed by atoms with Crippen molar-refractivity contribution >= 4 is 22.9 Å². The first kappa shape index (κ1) is 15.2. The number of hydrogen-bond acceptors (Lipinski definition) is 4. The molecule has 1 aliphatic heterocycles. The number of thiazole rings is 1. The minimum Gasteiger partial charge on any atom is -0.376 e. The highest BCUT2D eigenvalue weighted by Crippen LogP contribution is 2.32. The predicted octanol–water partition coefficient (Wildman–Crippen LogP) is 3.83. The van der Waals surface area contributed by atoms with Gasteiger partial charge in [-0.25, -0.2) is 4.98 Å². The third-order valence-corrected chi connectivity index (χ3v) is 5.03. The molecule has 3 unspecified atom stereocenters. The van der Waals surface area contributed by atoms with Crippen molar-refractivity contribution < 1.29 is 4.74 Å². The third-order valence-electron chi connectivity index (χ3n) is 3.76. The van der Waals surface area contributed by atoms with Crippen molar-refractivity contribution in [3.8, 4) is 0 Å². The topological polar surface area (TPSA) is 25.4 Å². The summed E-state index contributed by atoms with van der Waals surface area (Å²) in [6.45, 7) is 8.45. The first-order chi connectivity index (χ1) is 9.19. The van der Waals surface area contributed by atoms with Gasteiger partial charge in [0.15, 0.2) is 0 Å². The molecule has 0 bridgehead atoms. The molecule has 0 saturated carbocycles. The molecule has 2 rings (SSSR count). The Morgan fingerprint density at radius 3 is 2.95 bits per heavy atom. The van der Waals surface area contributed by atoms with Crippen LogP contribution in [0, 0.1) is 0 Å². The lowest BCUT2D eigenvalue weighted by molar-refractivity contribution is -0.0739. The molecule has 1 aliphatic rings. The van der Waals surface area contributed by atoms with Crippen LogP contribution < -0.4 is 0 Å². The lowest BCUT2D eigenvalue weighted by Gasteiger charge is -2.42. The van der Waals surface area contributed by atoms with Crippen molar-refractivity contribution in [2.24, 2.45) is 0 Å². The van der Waals surface area contributed by atoms with Gasteiger partial charge in [0.05, 0.1) is 30.3 Å². The van der Waals surface area contributed by atoms with Gasteiger partial charge in [-0.05, 0) is 19.8 Å². The van der Waals surface area contributed by atoms with Crippen molar-refractivity contribution in [1.82, 2.24) is 9.88 Å². The van der Waals surface area contributed by atoms with E-state index in [-0.39, 0.29) is 0 Å². The number of alkyl halides is 1. The third kappa shape index (κ3) is 3.48. The van der Waals surface area contributed by atoms with Gasteiger partial charge in [-0.3, -0.25) is 4.90 Å². The van der Waals surface area contributed by atoms with E-state index in [1.807, 2.05) is 0 Å². The smallest absolute Gasteiger partial charge is 0.110 e. The number of hydrogen-bond donors (Lipinski definition) is 0. The molecule has 19 heavy (non-hydrogen) atoms. The summed E-state index contributed by atoms with van der Waals surface area (Å²) >= 11 is 7.60. The van der Waals surface area contributed by atoms with Crippen LogP contribution in [0.25, 0.3) is 0 Å². The number of ether oxygens (including phenoxy) is 1. The standard InChI is InChI=1S/C14H23ClN2OS/c1-4-12-8-18-10(3)7-17(12)13(5-2)14-16-11(6-15)9-19-14/h9-10,12-13H,4-8H2,1-3H3. The van der Waals surface area contributed by atoms with Crippen molar-refractivity contribution in [1.29, 1.82) is 0 Å². The van der Waals surface area contributed by atoms with Gasteiger partial charge in [0.2, 0.25) is 0 Å². The van der Waals surface area contributed by atoms with Crippen LogP contribution in [0.4, 0.5) is 0 Å². The Bertz CT molecular complexity index is 399. The van der Waals surface area contributed by atoms with Crippen molar-refractivity contribution in [3.63, 3.8) is 0 Å². The van der Waals surface area contributed by atoms with Gasteiger partial charge in [0.25, 0.3) is 0 Å². The van der Waals surface area contributed by atoms with E-state index in [4.69, 9.17) is 16.3 Å². The zero-order valence-corrected chi connectivity index (χ0v) is 13.5. The van der Waals surface area contributed by atoms with Crippen LogP contribution in [-0.4, -0.2) is 35.2 Å². The highest BCUT2D eigenvalue weighted by Gasteiger charge is 2.32. The molecule has 3 nitrogen and oxygen atoms in total. The number of halogens is 1. The largest absolute Gasteiger partial charge is 0.376 e. The summed E-state index contributed by atoms with van der Waals surface area (Å²) in [7, 11) is 0. The fourth-order valence-electron chi connectivity index (χ4n) is 2.69. The minimum atomic E-state index is 0.310. The molecule has 0 amide bonds. The zero-order valence-electron chi connectivity index (χ0n) is 11.9. The molecule has 1 saturated heterocycles. The summed E-state index contributed by atoms with van der Waals surface area (Å²) in [6, 6.07) is 0.905. The molecule has 108 valence electrons. The first-order valence-electron chi connectivity index (χ1n) is 7.07. The van der Waals surface area contributed by atoms with Gasteiger partial charge in [-0.1, -0.05) is 13.8 Å². The number of nitrogens with zero attached hydrogens (tertiary/aromatic N) is 2. The van der Waals surface area contributed by atoms with Gasteiger partial charge in [0.1, 0.15) is 5.01 Å². The average molecular weight is 303 g/mol. The molecular formula is C14H23ClN2OS. The summed E-state index contributed by atoms with van der Waals surface area (Å²) in [5.74, 6) is 0.504. The van der Waals surface area contributed by atoms with E-state index in [2.05, 4.69) is 36.0 Å². The van der Waals surface area contributed by atoms with E-state index in [0.717, 1.165) is 31.7 Å². The van der Waals surface area contributed by atoms with Gasteiger partial charge in [0, 0.05) is 18.0 Å². The summed E-state index contributed by atoms with van der Waals surface area (Å²) in [4.78, 5) is 7.25. The molecule has 1 aromatic rings. The predicted molar refractivity (Wildman–Crippen MR) is 80.9 cm³/mol. The molecule has 3 atom stereocenters. The highest BCUT2D eigenvalue weighted by molar-refractivity contribution is 7.09. The maximum atomic E-state index is 5.86. The SMILES string of the molecule is CCC1COC(C)CN1C(CC)c1nc(CCl)cs1. The van der Waals surface area contributed by atoms with E-state index < -0.39 is 0 Å². The summed E-state index contributed by atoms with van der Waals surface area (Å²) in [6.07, 6.45) is 2.51. The Kier molecular flexibility index (Phi) is 5.63. The molecule has 5 heteroatoms. The second-order valence-electron chi connectivity index (χ2n) is 5.14. The molecule has 0 aliphatic carbocycles. The summed E-state index contributed by atoms with van der Waals surface area (Å²) in [5, 5.41) is 3.28. The number of aromatic nitrogens is 1. The molecule has 2 heterocycles. The Labute approximate surface area is 124 Å². The van der Waals surface area contributed by atoms with Crippen molar-refractivity contribution in [3.05, 3.63) is 16.1 Å². The molecule has 0 aromatic carbocycles. The number of morpholine rings is 1. The van der Waals surface area contributed by atoms with Crippen molar-refractivity contribution in [2.75, 3.05) is 13.2 Å². The molecular weight excluding hydrogens is 280 g/mol. The fourth-order valence-corrected chi connectivity index (χ4v) is 3.94. The van der Waals surface area contributed by atoms with Crippen molar-refractivity contribution in [2.45, 2.75) is 57.7 Å². The fraction of sp³-hybridized carbons (Fsp3) is 0.786. The highest BCUT2D eigenvalue weighted by atomic mass is 35.5. The second-order valence-corrected chi connectivity index (χ2v) is 6.29. The van der Waals surface area contributed by atoms with Crippen LogP contribution in [-0.2, 0) is 10.6 Å². The van der Waals surface area contributed by atoms with Gasteiger partial charge in [-0.15, -0.1) is 22.9 Å². The van der Waals surface area contributed by atoms with Crippen LogP contribution in [0.1, 0.15) is 50.4 Å². The quantitative estimate of drug-likeness (QED) is 0.773. The summed E-state index contributed by atoms with van der Waals surface area (Å²) in [5.41, 5.74) is 0.995. The average Bonchev–Trinajstić information content (AvgIpc) is 2.89. The Balaban J connectivity index is 2.18. The van der Waals surface area contributed by atoms with Crippen LogP contribution in [0.15, 0.2) is 5.38 Å². The zero-order chi connectivity index (χ0) is 13.8. The van der Waals surface area contributed by atoms with Crippen LogP contribution in [0.3, 0.4) is 0 Å². The molecule has 0 radical (unpaired) electrons. The maximum Gasteiger partial charge on any atom is 0.110 e. The van der Waals surface area contributed by atoms with Crippen LogP contribution >= 0.6 is 22.9 Å². The van der Waals surface area contributed by atoms with E-state index in [1.54, 1.807) is 11.3 Å². The summed E-state index contributed by atoms with van der Waals surface area (Å²) < 4.78 is 5.79. The lowest BCUT2D eigenvalue weighted by Crippen LogP contribution is -2.49. The Hall–Kier alpha value is -0.160. The second kappa shape index (κ2) is 7.02. The van der Waals surface area contributed by atoms with Crippen LogP contribution in [0.2, 0.25) is 0 Å². The molecule has 1 aromatic heterocycles. The van der Waals surface area contributed by atoms with E-state index in [1.165, 1.54) is 5.01 Å². The Morgan fingerprint density at radius 1 is 1.58 bits per heavy atom. The van der Waals surface area contributed by atoms with Crippen LogP contribution in [0.5, 0.6) is 0 Å². The van der Waals surface area contributed by atoms with Gasteiger partial charge >= 0.3 is 0 Å².